The highest BCUT2D eigenvalue weighted by Crippen LogP contribution is 2.32. The molecule has 0 atom stereocenters. The molecule has 0 bridgehead atoms. The molecule has 0 aliphatic rings. The van der Waals surface area contributed by atoms with Gasteiger partial charge >= 0.3 is 6.18 Å². The monoisotopic (exact) mass is 444 g/mol. The fourth-order valence-corrected chi connectivity index (χ4v) is 3.23. The zero-order valence-electron chi connectivity index (χ0n) is 17.1. The van der Waals surface area contributed by atoms with Crippen molar-refractivity contribution in [3.8, 4) is 11.4 Å². The lowest BCUT2D eigenvalue weighted by atomic mass is 10.1. The Hall–Kier alpha value is -3.89. The van der Waals surface area contributed by atoms with Crippen molar-refractivity contribution in [2.24, 2.45) is 7.05 Å². The maximum absolute atomic E-state index is 14.9. The first-order valence-electron chi connectivity index (χ1n) is 9.36. The Bertz CT molecular complexity index is 1360. The molecule has 0 aliphatic heterocycles. The van der Waals surface area contributed by atoms with Crippen LogP contribution in [-0.4, -0.2) is 30.6 Å². The molecular weight excluding hydrogens is 428 g/mol. The van der Waals surface area contributed by atoms with E-state index < -0.39 is 23.6 Å². The third-order valence-corrected chi connectivity index (χ3v) is 4.88. The lowest BCUT2D eigenvalue weighted by Crippen LogP contribution is -2.17. The molecule has 3 aromatic heterocycles. The van der Waals surface area contributed by atoms with Crippen LogP contribution in [0.2, 0.25) is 0 Å². The van der Waals surface area contributed by atoms with Gasteiger partial charge in [-0.15, -0.1) is 0 Å². The molecule has 1 amide bonds. The minimum Gasteiger partial charge on any atom is -0.320 e. The molecule has 0 fully saturated rings. The Morgan fingerprint density at radius 2 is 1.84 bits per heavy atom. The Morgan fingerprint density at radius 1 is 1.09 bits per heavy atom. The second-order valence-corrected chi connectivity index (χ2v) is 7.19. The number of alkyl halides is 3. The second-order valence-electron chi connectivity index (χ2n) is 7.19. The van der Waals surface area contributed by atoms with Crippen LogP contribution in [0.3, 0.4) is 0 Å². The number of benzene rings is 1. The number of aryl methyl sites for hydroxylation is 3. The molecule has 4 aromatic rings. The average molecular weight is 444 g/mol. The summed E-state index contributed by atoms with van der Waals surface area (Å²) in [7, 11) is 1.61. The summed E-state index contributed by atoms with van der Waals surface area (Å²) in [4.78, 5) is 24.2. The summed E-state index contributed by atoms with van der Waals surface area (Å²) in [6.45, 7) is 3.14. The van der Waals surface area contributed by atoms with Gasteiger partial charge in [0.2, 0.25) is 0 Å². The summed E-state index contributed by atoms with van der Waals surface area (Å²) >= 11 is 0. The topological polar surface area (TPSA) is 85.6 Å². The van der Waals surface area contributed by atoms with E-state index in [1.165, 1.54) is 29.9 Å². The molecule has 11 heteroatoms. The summed E-state index contributed by atoms with van der Waals surface area (Å²) in [6, 6.07) is 5.02. The molecule has 7 nitrogen and oxygen atoms in total. The van der Waals surface area contributed by atoms with Crippen LogP contribution < -0.4 is 5.32 Å². The fraction of sp³-hybridized carbons (Fsp3) is 0.190. The van der Waals surface area contributed by atoms with Gasteiger partial charge in [-0.3, -0.25) is 9.48 Å². The molecule has 0 spiro atoms. The first kappa shape index (κ1) is 21.3. The van der Waals surface area contributed by atoms with Crippen LogP contribution in [0.4, 0.5) is 23.2 Å². The first-order valence-corrected chi connectivity index (χ1v) is 9.36. The predicted octanol–water partition coefficient (Wildman–Crippen LogP) is 4.45. The molecule has 3 heterocycles. The molecule has 164 valence electrons. The number of carbonyl (C=O) groups excluding carboxylic acids is 1. The van der Waals surface area contributed by atoms with Crippen molar-refractivity contribution in [2.45, 2.75) is 20.0 Å². The molecule has 0 aliphatic carbocycles. The van der Waals surface area contributed by atoms with E-state index in [1.54, 1.807) is 14.0 Å². The Morgan fingerprint density at radius 3 is 2.50 bits per heavy atom. The molecule has 0 radical (unpaired) electrons. The van der Waals surface area contributed by atoms with Gasteiger partial charge in [0, 0.05) is 18.9 Å². The summed E-state index contributed by atoms with van der Waals surface area (Å²) in [5.41, 5.74) is 0.480. The zero-order valence-corrected chi connectivity index (χ0v) is 17.1. The highest BCUT2D eigenvalue weighted by atomic mass is 19.4. The summed E-state index contributed by atoms with van der Waals surface area (Å²) < 4.78 is 55.3. The number of rotatable bonds is 3. The molecule has 0 saturated heterocycles. The van der Waals surface area contributed by atoms with Crippen molar-refractivity contribution >= 4 is 22.6 Å². The zero-order chi connectivity index (χ0) is 23.2. The van der Waals surface area contributed by atoms with E-state index >= 15 is 0 Å². The van der Waals surface area contributed by atoms with Crippen LogP contribution in [-0.2, 0) is 13.2 Å². The minimum absolute atomic E-state index is 0.00716. The Labute approximate surface area is 179 Å². The molecule has 1 N–H and O–H groups in total. The smallest absolute Gasteiger partial charge is 0.320 e. The highest BCUT2D eigenvalue weighted by Gasteiger charge is 2.33. The third-order valence-electron chi connectivity index (χ3n) is 4.88. The number of anilines is 1. The fourth-order valence-electron chi connectivity index (χ4n) is 3.23. The van der Waals surface area contributed by atoms with Crippen molar-refractivity contribution in [1.29, 1.82) is 0 Å². The van der Waals surface area contributed by atoms with E-state index in [9.17, 15) is 22.4 Å². The minimum atomic E-state index is -4.60. The van der Waals surface area contributed by atoms with Gasteiger partial charge in [-0.2, -0.15) is 18.3 Å². The van der Waals surface area contributed by atoms with Gasteiger partial charge < -0.3 is 5.32 Å². The largest absolute Gasteiger partial charge is 0.433 e. The normalized spacial score (nSPS) is 11.7. The van der Waals surface area contributed by atoms with Gasteiger partial charge in [0.15, 0.2) is 5.82 Å². The van der Waals surface area contributed by atoms with Gasteiger partial charge in [0.1, 0.15) is 22.7 Å². The lowest BCUT2D eigenvalue weighted by molar-refractivity contribution is -0.141. The van der Waals surface area contributed by atoms with Crippen molar-refractivity contribution in [3.63, 3.8) is 0 Å². The van der Waals surface area contributed by atoms with Crippen LogP contribution in [0.15, 0.2) is 36.7 Å². The summed E-state index contributed by atoms with van der Waals surface area (Å²) in [5.74, 6) is -1.16. The summed E-state index contributed by atoms with van der Waals surface area (Å²) in [5, 5.41) is 6.56. The van der Waals surface area contributed by atoms with Crippen LogP contribution in [0.1, 0.15) is 27.3 Å². The van der Waals surface area contributed by atoms with Crippen LogP contribution in [0, 0.1) is 19.7 Å². The standard InChI is InChI=1S/C21H16F4N6O/c1-10-6-12(13(22)8-14(10)29-20(32)16-4-5-27-31(16)3)19-26-9-15-18(30-19)11(2)7-17(28-15)21(23,24)25/h4-9H,1-3H3,(H,29,32). The van der Waals surface area contributed by atoms with E-state index in [-0.39, 0.29) is 33.7 Å². The second kappa shape index (κ2) is 7.66. The van der Waals surface area contributed by atoms with E-state index in [0.717, 1.165) is 18.3 Å². The molecular formula is C21H16F4N6O. The number of pyridine rings is 1. The van der Waals surface area contributed by atoms with Gasteiger partial charge in [0.25, 0.3) is 5.91 Å². The maximum Gasteiger partial charge on any atom is 0.433 e. The third kappa shape index (κ3) is 3.88. The van der Waals surface area contributed by atoms with E-state index in [4.69, 9.17) is 0 Å². The van der Waals surface area contributed by atoms with Crippen molar-refractivity contribution in [1.82, 2.24) is 24.7 Å². The first-order chi connectivity index (χ1) is 15.0. The highest BCUT2D eigenvalue weighted by molar-refractivity contribution is 6.03. The number of amides is 1. The van der Waals surface area contributed by atoms with Crippen molar-refractivity contribution < 1.29 is 22.4 Å². The van der Waals surface area contributed by atoms with E-state index in [0.29, 0.717) is 11.3 Å². The number of carbonyl (C=O) groups is 1. The molecule has 0 unspecified atom stereocenters. The number of nitrogens with zero attached hydrogens (tertiary/aromatic N) is 5. The predicted molar refractivity (Wildman–Crippen MR) is 108 cm³/mol. The number of halogens is 4. The van der Waals surface area contributed by atoms with Gasteiger partial charge in [0.05, 0.1) is 17.3 Å². The molecule has 32 heavy (non-hydrogen) atoms. The van der Waals surface area contributed by atoms with Crippen molar-refractivity contribution in [3.05, 3.63) is 65.0 Å². The maximum atomic E-state index is 14.9. The molecule has 1 aromatic carbocycles. The van der Waals surface area contributed by atoms with E-state index in [1.807, 2.05) is 0 Å². The van der Waals surface area contributed by atoms with Crippen LogP contribution >= 0.6 is 0 Å². The molecule has 4 rings (SSSR count). The number of aromatic nitrogens is 5. The van der Waals surface area contributed by atoms with Gasteiger partial charge in [-0.05, 0) is 49.2 Å². The lowest BCUT2D eigenvalue weighted by Gasteiger charge is -2.12. The van der Waals surface area contributed by atoms with Crippen LogP contribution in [0.25, 0.3) is 22.4 Å². The van der Waals surface area contributed by atoms with Crippen LogP contribution in [0.5, 0.6) is 0 Å². The van der Waals surface area contributed by atoms with Crippen molar-refractivity contribution in [2.75, 3.05) is 5.32 Å². The Kier molecular flexibility index (Phi) is 5.11. The average Bonchev–Trinajstić information content (AvgIpc) is 3.15. The molecule has 0 saturated carbocycles. The number of nitrogens with one attached hydrogen (secondary N) is 1. The Balaban J connectivity index is 1.71. The SMILES string of the molecule is Cc1cc(-c2ncc3nc(C(F)(F)F)cc(C)c3n2)c(F)cc1NC(=O)c1ccnn1C. The van der Waals surface area contributed by atoms with E-state index in [2.05, 4.69) is 25.4 Å². The number of hydrogen-bond acceptors (Lipinski definition) is 5. The number of hydrogen-bond donors (Lipinski definition) is 1. The van der Waals surface area contributed by atoms with Gasteiger partial charge in [-0.1, -0.05) is 0 Å². The quantitative estimate of drug-likeness (QED) is 0.472. The number of fused-ring (bicyclic) bond motifs is 1. The van der Waals surface area contributed by atoms with Gasteiger partial charge in [-0.25, -0.2) is 19.3 Å². The summed E-state index contributed by atoms with van der Waals surface area (Å²) in [6.07, 6.45) is -2.00.